The van der Waals surface area contributed by atoms with Gasteiger partial charge in [-0.15, -0.1) is 0 Å². The van der Waals surface area contributed by atoms with Crippen molar-refractivity contribution in [3.8, 4) is 11.5 Å². The summed E-state index contributed by atoms with van der Waals surface area (Å²) in [7, 11) is -3.71. The Balaban J connectivity index is 2.21. The van der Waals surface area contributed by atoms with Gasteiger partial charge in [-0.1, -0.05) is 29.8 Å². The summed E-state index contributed by atoms with van der Waals surface area (Å²) in [5, 5.41) is 4.15. The fourth-order valence-electron chi connectivity index (χ4n) is 2.03. The van der Waals surface area contributed by atoms with Gasteiger partial charge in [0.2, 0.25) is 0 Å². The Morgan fingerprint density at radius 2 is 1.80 bits per heavy atom. The number of hydrazone groups is 1. The van der Waals surface area contributed by atoms with Crippen molar-refractivity contribution in [2.45, 2.75) is 18.7 Å². The van der Waals surface area contributed by atoms with E-state index in [4.69, 9.17) is 21.1 Å². The number of nitrogens with zero attached hydrogens (tertiary/aromatic N) is 1. The molecule has 0 aliphatic heterocycles. The van der Waals surface area contributed by atoms with Crippen LogP contribution in [0.1, 0.15) is 19.4 Å². The quantitative estimate of drug-likeness (QED) is 0.560. The third-order valence-electron chi connectivity index (χ3n) is 3.06. The average Bonchev–Trinajstić information content (AvgIpc) is 2.59. The van der Waals surface area contributed by atoms with Gasteiger partial charge in [-0.3, -0.25) is 0 Å². The summed E-state index contributed by atoms with van der Waals surface area (Å²) in [6, 6.07) is 11.3. The molecule has 2 rings (SSSR count). The van der Waals surface area contributed by atoms with Gasteiger partial charge >= 0.3 is 0 Å². The topological polar surface area (TPSA) is 77.0 Å². The van der Waals surface area contributed by atoms with Crippen molar-refractivity contribution in [2.24, 2.45) is 5.10 Å². The smallest absolute Gasteiger partial charge is 0.276 e. The van der Waals surface area contributed by atoms with Crippen LogP contribution < -0.4 is 14.3 Å². The molecule has 0 atom stereocenters. The van der Waals surface area contributed by atoms with E-state index < -0.39 is 10.0 Å². The number of ether oxygens (including phenoxy) is 2. The van der Waals surface area contributed by atoms with Gasteiger partial charge in [0.1, 0.15) is 0 Å². The van der Waals surface area contributed by atoms with Crippen LogP contribution in [0.15, 0.2) is 52.5 Å². The molecule has 0 saturated heterocycles. The SMILES string of the molecule is CCOc1cc(/C=N/NS(=O)(=O)c2ccccc2)cc(Cl)c1OCC. The highest BCUT2D eigenvalue weighted by Crippen LogP contribution is 2.36. The van der Waals surface area contributed by atoms with Crippen molar-refractivity contribution >= 4 is 27.8 Å². The number of nitrogens with one attached hydrogen (secondary N) is 1. The van der Waals surface area contributed by atoms with E-state index in [2.05, 4.69) is 9.93 Å². The van der Waals surface area contributed by atoms with Gasteiger partial charge in [0, 0.05) is 0 Å². The number of benzene rings is 2. The van der Waals surface area contributed by atoms with Crippen LogP contribution >= 0.6 is 11.6 Å². The Labute approximate surface area is 152 Å². The number of rotatable bonds is 8. The molecule has 2 aromatic carbocycles. The Morgan fingerprint density at radius 3 is 2.44 bits per heavy atom. The summed E-state index contributed by atoms with van der Waals surface area (Å²) in [5.41, 5.74) is 0.577. The Kier molecular flexibility index (Phi) is 6.66. The Hall–Kier alpha value is -2.25. The zero-order valence-electron chi connectivity index (χ0n) is 13.9. The van der Waals surface area contributed by atoms with Crippen LogP contribution in [0.3, 0.4) is 0 Å². The van der Waals surface area contributed by atoms with E-state index in [9.17, 15) is 8.42 Å². The van der Waals surface area contributed by atoms with Crippen molar-refractivity contribution in [1.29, 1.82) is 0 Å². The summed E-state index contributed by atoms with van der Waals surface area (Å²) in [4.78, 5) is 2.29. The van der Waals surface area contributed by atoms with Crippen LogP contribution in [0.5, 0.6) is 11.5 Å². The zero-order valence-corrected chi connectivity index (χ0v) is 15.5. The van der Waals surface area contributed by atoms with E-state index in [0.29, 0.717) is 35.3 Å². The number of hydrogen-bond donors (Lipinski definition) is 1. The monoisotopic (exact) mass is 382 g/mol. The lowest BCUT2D eigenvalue weighted by Gasteiger charge is -2.13. The first-order valence-corrected chi connectivity index (χ1v) is 9.53. The number of hydrogen-bond acceptors (Lipinski definition) is 5. The van der Waals surface area contributed by atoms with Crippen LogP contribution in [0.2, 0.25) is 5.02 Å². The van der Waals surface area contributed by atoms with Crippen LogP contribution in [0.4, 0.5) is 0 Å². The normalized spacial score (nSPS) is 11.5. The second-order valence-corrected chi connectivity index (χ2v) is 6.93. The largest absolute Gasteiger partial charge is 0.490 e. The van der Waals surface area contributed by atoms with Gasteiger partial charge in [0.15, 0.2) is 11.5 Å². The van der Waals surface area contributed by atoms with E-state index in [-0.39, 0.29) is 4.90 Å². The van der Waals surface area contributed by atoms with Crippen molar-refractivity contribution < 1.29 is 17.9 Å². The minimum Gasteiger partial charge on any atom is -0.490 e. The molecule has 0 bridgehead atoms. The van der Waals surface area contributed by atoms with Gasteiger partial charge in [-0.2, -0.15) is 13.5 Å². The second-order valence-electron chi connectivity index (χ2n) is 4.86. The molecular formula is C17H19ClN2O4S. The van der Waals surface area contributed by atoms with Gasteiger partial charge in [0.05, 0.1) is 29.3 Å². The molecule has 8 heteroatoms. The third-order valence-corrected chi connectivity index (χ3v) is 4.58. The summed E-state index contributed by atoms with van der Waals surface area (Å²) in [6.45, 7) is 4.58. The molecule has 0 aliphatic carbocycles. The van der Waals surface area contributed by atoms with Gasteiger partial charge in [-0.25, -0.2) is 4.83 Å². The minimum absolute atomic E-state index is 0.131. The van der Waals surface area contributed by atoms with Gasteiger partial charge in [-0.05, 0) is 43.7 Å². The molecule has 6 nitrogen and oxygen atoms in total. The summed E-state index contributed by atoms with van der Waals surface area (Å²) in [6.07, 6.45) is 1.35. The molecule has 1 N–H and O–H groups in total. The summed E-state index contributed by atoms with van der Waals surface area (Å²) >= 11 is 6.21. The Morgan fingerprint density at radius 1 is 1.12 bits per heavy atom. The maximum Gasteiger partial charge on any atom is 0.276 e. The first-order valence-electron chi connectivity index (χ1n) is 7.67. The lowest BCUT2D eigenvalue weighted by atomic mass is 10.2. The van der Waals surface area contributed by atoms with Crippen LogP contribution in [-0.4, -0.2) is 27.8 Å². The van der Waals surface area contributed by atoms with Gasteiger partial charge in [0.25, 0.3) is 10.0 Å². The predicted molar refractivity (Wildman–Crippen MR) is 98.1 cm³/mol. The lowest BCUT2D eigenvalue weighted by molar-refractivity contribution is 0.288. The molecule has 0 saturated carbocycles. The average molecular weight is 383 g/mol. The van der Waals surface area contributed by atoms with Crippen molar-refractivity contribution in [1.82, 2.24) is 4.83 Å². The number of halogens is 1. The molecule has 0 aliphatic rings. The predicted octanol–water partition coefficient (Wildman–Crippen LogP) is 3.45. The molecular weight excluding hydrogens is 364 g/mol. The fourth-order valence-corrected chi connectivity index (χ4v) is 3.12. The molecule has 0 fully saturated rings. The maximum absolute atomic E-state index is 12.1. The van der Waals surface area contributed by atoms with Crippen molar-refractivity contribution in [3.05, 3.63) is 53.1 Å². The van der Waals surface area contributed by atoms with E-state index in [1.54, 1.807) is 30.3 Å². The minimum atomic E-state index is -3.71. The van der Waals surface area contributed by atoms with Crippen LogP contribution in [0, 0.1) is 0 Å². The molecule has 134 valence electrons. The first kappa shape index (κ1) is 19.1. The van der Waals surface area contributed by atoms with Crippen LogP contribution in [0.25, 0.3) is 0 Å². The van der Waals surface area contributed by atoms with Crippen molar-refractivity contribution in [2.75, 3.05) is 13.2 Å². The number of sulfonamides is 1. The van der Waals surface area contributed by atoms with E-state index in [0.717, 1.165) is 0 Å². The molecule has 0 spiro atoms. The Bertz CT molecular complexity index is 839. The highest BCUT2D eigenvalue weighted by Gasteiger charge is 2.13. The molecule has 0 aromatic heterocycles. The van der Waals surface area contributed by atoms with E-state index in [1.807, 2.05) is 13.8 Å². The van der Waals surface area contributed by atoms with E-state index in [1.165, 1.54) is 18.3 Å². The van der Waals surface area contributed by atoms with E-state index >= 15 is 0 Å². The fraction of sp³-hybridized carbons (Fsp3) is 0.235. The molecule has 0 radical (unpaired) electrons. The summed E-state index contributed by atoms with van der Waals surface area (Å²) < 4.78 is 35.2. The zero-order chi connectivity index (χ0) is 18.3. The highest BCUT2D eigenvalue weighted by atomic mass is 35.5. The molecule has 0 heterocycles. The van der Waals surface area contributed by atoms with Crippen molar-refractivity contribution in [3.63, 3.8) is 0 Å². The maximum atomic E-state index is 12.1. The highest BCUT2D eigenvalue weighted by molar-refractivity contribution is 7.89. The van der Waals surface area contributed by atoms with Crippen LogP contribution in [-0.2, 0) is 10.0 Å². The third kappa shape index (κ3) is 5.11. The lowest BCUT2D eigenvalue weighted by Crippen LogP contribution is -2.18. The molecule has 2 aromatic rings. The molecule has 25 heavy (non-hydrogen) atoms. The van der Waals surface area contributed by atoms with Gasteiger partial charge < -0.3 is 9.47 Å². The standard InChI is InChI=1S/C17H19ClN2O4S/c1-3-23-16-11-13(10-15(18)17(16)24-4-2)12-19-20-25(21,22)14-8-6-5-7-9-14/h5-12,20H,3-4H2,1-2H3/b19-12+. The second kappa shape index (κ2) is 8.73. The summed E-state index contributed by atoms with van der Waals surface area (Å²) in [5.74, 6) is 0.928. The first-order chi connectivity index (χ1) is 12.0. The molecule has 0 unspecified atom stereocenters. The molecule has 0 amide bonds.